The second kappa shape index (κ2) is 6.43. The molecule has 2 heterocycles. The van der Waals surface area contributed by atoms with E-state index in [1.165, 1.54) is 0 Å². The van der Waals surface area contributed by atoms with Gasteiger partial charge in [0.25, 0.3) is 11.7 Å². The highest BCUT2D eigenvalue weighted by molar-refractivity contribution is 7.16. The maximum Gasteiger partial charge on any atom is 0.453 e. The molecule has 6 nitrogen and oxygen atoms in total. The van der Waals surface area contributed by atoms with Gasteiger partial charge in [-0.1, -0.05) is 17.4 Å². The largest absolute Gasteiger partial charge is 0.453 e. The van der Waals surface area contributed by atoms with Gasteiger partial charge >= 0.3 is 6.18 Å². The van der Waals surface area contributed by atoms with E-state index in [9.17, 15) is 18.0 Å². The Morgan fingerprint density at radius 3 is 2.68 bits per heavy atom. The molecule has 0 bridgehead atoms. The van der Waals surface area contributed by atoms with Crippen LogP contribution in [0.25, 0.3) is 4.96 Å². The minimum Gasteiger partial charge on any atom is -0.352 e. The summed E-state index contributed by atoms with van der Waals surface area (Å²) in [5.74, 6) is -1.38. The summed E-state index contributed by atoms with van der Waals surface area (Å²) in [4.78, 5) is 12.2. The lowest BCUT2D eigenvalue weighted by Gasteiger charge is -2.06. The number of alkyl halides is 3. The van der Waals surface area contributed by atoms with Gasteiger partial charge in [-0.3, -0.25) is 4.79 Å². The normalized spacial score (nSPS) is 11.9. The smallest absolute Gasteiger partial charge is 0.352 e. The van der Waals surface area contributed by atoms with Crippen molar-refractivity contribution in [1.82, 2.24) is 25.1 Å². The minimum atomic E-state index is -4.61. The summed E-state index contributed by atoms with van der Waals surface area (Å²) >= 11 is 1.01. The van der Waals surface area contributed by atoms with E-state index in [-0.39, 0.29) is 17.4 Å². The third-order valence-corrected chi connectivity index (χ3v) is 4.64. The number of rotatable bonds is 4. The predicted octanol–water partition coefficient (Wildman–Crippen LogP) is 2.79. The number of hydrogen-bond acceptors (Lipinski definition) is 5. The van der Waals surface area contributed by atoms with Crippen LogP contribution in [0.1, 0.15) is 32.3 Å². The fourth-order valence-electron chi connectivity index (χ4n) is 2.20. The lowest BCUT2D eigenvalue weighted by Crippen LogP contribution is -2.25. The molecule has 25 heavy (non-hydrogen) atoms. The molecule has 1 aromatic carbocycles. The molecule has 0 aliphatic rings. The number of nitrogens with zero attached hydrogens (tertiary/aromatic N) is 4. The van der Waals surface area contributed by atoms with E-state index in [1.54, 1.807) is 12.1 Å². The Morgan fingerprint density at radius 2 is 2.00 bits per heavy atom. The van der Waals surface area contributed by atoms with Crippen LogP contribution in [0.2, 0.25) is 0 Å². The first-order chi connectivity index (χ1) is 11.8. The van der Waals surface area contributed by atoms with Crippen molar-refractivity contribution in [3.63, 3.8) is 0 Å². The highest BCUT2D eigenvalue weighted by Crippen LogP contribution is 2.28. The molecule has 0 radical (unpaired) electrons. The van der Waals surface area contributed by atoms with Gasteiger partial charge in [0, 0.05) is 18.5 Å². The number of fused-ring (bicyclic) bond motifs is 1. The van der Waals surface area contributed by atoms with Gasteiger partial charge in [0.2, 0.25) is 4.96 Å². The minimum absolute atomic E-state index is 0.0720. The second-order valence-electron chi connectivity index (χ2n) is 5.52. The molecule has 0 spiro atoms. The van der Waals surface area contributed by atoms with Crippen LogP contribution in [-0.4, -0.2) is 32.3 Å². The van der Waals surface area contributed by atoms with Gasteiger partial charge in [0.1, 0.15) is 5.01 Å². The van der Waals surface area contributed by atoms with Crippen LogP contribution in [0.3, 0.4) is 0 Å². The van der Waals surface area contributed by atoms with Crippen LogP contribution in [0.4, 0.5) is 13.2 Å². The fourth-order valence-corrected chi connectivity index (χ4v) is 3.03. The average Bonchev–Trinajstić information content (AvgIpc) is 3.08. The predicted molar refractivity (Wildman–Crippen MR) is 85.6 cm³/mol. The van der Waals surface area contributed by atoms with E-state index >= 15 is 0 Å². The van der Waals surface area contributed by atoms with Crippen molar-refractivity contribution >= 4 is 22.2 Å². The number of amides is 1. The summed E-state index contributed by atoms with van der Waals surface area (Å²) in [6, 6.07) is 5.39. The van der Waals surface area contributed by atoms with Crippen molar-refractivity contribution in [2.45, 2.75) is 26.4 Å². The lowest BCUT2D eigenvalue weighted by molar-refractivity contribution is -0.146. The summed E-state index contributed by atoms with van der Waals surface area (Å²) < 4.78 is 38.9. The summed E-state index contributed by atoms with van der Waals surface area (Å²) in [5, 5.41) is 13.6. The number of carbonyl (C=O) groups is 1. The number of aromatic nitrogens is 4. The first kappa shape index (κ1) is 17.3. The molecule has 10 heteroatoms. The molecule has 0 atom stereocenters. The van der Waals surface area contributed by atoms with Crippen LogP contribution in [0.15, 0.2) is 18.2 Å². The SMILES string of the molecule is Cc1ccc(C(=O)NCCc2nn3c(C(F)(F)F)nnc3s2)cc1C. The molecule has 3 rings (SSSR count). The number of hydrogen-bond donors (Lipinski definition) is 1. The van der Waals surface area contributed by atoms with Crippen molar-refractivity contribution < 1.29 is 18.0 Å². The van der Waals surface area contributed by atoms with Crippen LogP contribution in [0.5, 0.6) is 0 Å². The van der Waals surface area contributed by atoms with Crippen molar-refractivity contribution in [1.29, 1.82) is 0 Å². The standard InChI is InChI=1S/C15H14F3N5OS/c1-8-3-4-10(7-9(8)2)12(24)19-6-5-11-22-23-13(15(16,17)18)20-21-14(23)25-11/h3-4,7H,5-6H2,1-2H3,(H,19,24). The summed E-state index contributed by atoms with van der Waals surface area (Å²) in [6.07, 6.45) is -4.30. The Labute approximate surface area is 144 Å². The first-order valence-corrected chi connectivity index (χ1v) is 8.21. The van der Waals surface area contributed by atoms with Gasteiger partial charge in [-0.25, -0.2) is 0 Å². The number of carbonyl (C=O) groups excluding carboxylic acids is 1. The third kappa shape index (κ3) is 3.63. The van der Waals surface area contributed by atoms with Crippen LogP contribution >= 0.6 is 11.3 Å². The van der Waals surface area contributed by atoms with Gasteiger partial charge < -0.3 is 5.32 Å². The second-order valence-corrected chi connectivity index (χ2v) is 6.56. The number of halogens is 3. The number of benzene rings is 1. The van der Waals surface area contributed by atoms with Crippen LogP contribution < -0.4 is 5.32 Å². The van der Waals surface area contributed by atoms with E-state index in [0.29, 0.717) is 21.5 Å². The number of nitrogens with one attached hydrogen (secondary N) is 1. The highest BCUT2D eigenvalue weighted by Gasteiger charge is 2.38. The molecule has 0 unspecified atom stereocenters. The zero-order valence-electron chi connectivity index (χ0n) is 13.4. The molecule has 2 aromatic heterocycles. The number of aryl methyl sites for hydroxylation is 2. The third-order valence-electron chi connectivity index (χ3n) is 3.68. The van der Waals surface area contributed by atoms with Gasteiger partial charge in [0.15, 0.2) is 0 Å². The molecular weight excluding hydrogens is 355 g/mol. The lowest BCUT2D eigenvalue weighted by atomic mass is 10.1. The zero-order chi connectivity index (χ0) is 18.2. The molecule has 1 N–H and O–H groups in total. The fraction of sp³-hybridized carbons (Fsp3) is 0.333. The highest BCUT2D eigenvalue weighted by atomic mass is 32.1. The summed E-state index contributed by atoms with van der Waals surface area (Å²) in [7, 11) is 0. The van der Waals surface area contributed by atoms with E-state index in [4.69, 9.17) is 0 Å². The van der Waals surface area contributed by atoms with E-state index in [2.05, 4.69) is 20.6 Å². The van der Waals surface area contributed by atoms with Crippen LogP contribution in [-0.2, 0) is 12.6 Å². The average molecular weight is 369 g/mol. The molecule has 0 fully saturated rings. The molecule has 1 amide bonds. The van der Waals surface area contributed by atoms with E-state index < -0.39 is 12.0 Å². The Hall–Kier alpha value is -2.49. The zero-order valence-corrected chi connectivity index (χ0v) is 14.2. The van der Waals surface area contributed by atoms with Crippen molar-refractivity contribution in [2.75, 3.05) is 6.54 Å². The molecule has 0 aliphatic heterocycles. The van der Waals surface area contributed by atoms with Crippen LogP contribution in [0, 0.1) is 13.8 Å². The topological polar surface area (TPSA) is 72.2 Å². The van der Waals surface area contributed by atoms with Crippen molar-refractivity contribution in [2.24, 2.45) is 0 Å². The van der Waals surface area contributed by atoms with E-state index in [0.717, 1.165) is 22.5 Å². The Kier molecular flexibility index (Phi) is 4.46. The summed E-state index contributed by atoms with van der Waals surface area (Å²) in [6.45, 7) is 4.14. The van der Waals surface area contributed by atoms with Crippen molar-refractivity contribution in [3.8, 4) is 0 Å². The maximum atomic E-state index is 12.8. The molecule has 0 aliphatic carbocycles. The van der Waals surface area contributed by atoms with Gasteiger partial charge in [-0.05, 0) is 37.1 Å². The summed E-state index contributed by atoms with van der Waals surface area (Å²) in [5.41, 5.74) is 2.65. The first-order valence-electron chi connectivity index (χ1n) is 7.39. The molecule has 0 saturated carbocycles. The Morgan fingerprint density at radius 1 is 1.24 bits per heavy atom. The molecule has 0 saturated heterocycles. The molecular formula is C15H14F3N5OS. The maximum absolute atomic E-state index is 12.8. The Balaban J connectivity index is 1.64. The van der Waals surface area contributed by atoms with Gasteiger partial charge in [-0.2, -0.15) is 22.8 Å². The monoisotopic (exact) mass is 369 g/mol. The molecule has 3 aromatic rings. The van der Waals surface area contributed by atoms with Gasteiger partial charge in [0.05, 0.1) is 0 Å². The van der Waals surface area contributed by atoms with E-state index in [1.807, 2.05) is 19.9 Å². The van der Waals surface area contributed by atoms with Crippen molar-refractivity contribution in [3.05, 3.63) is 45.7 Å². The molecule has 132 valence electrons. The van der Waals surface area contributed by atoms with Gasteiger partial charge in [-0.15, -0.1) is 10.2 Å². The Bertz CT molecular complexity index is 931. The quantitative estimate of drug-likeness (QED) is 0.768.